The van der Waals surface area contributed by atoms with Gasteiger partial charge < -0.3 is 10.3 Å². The molecule has 3 nitrogen and oxygen atoms in total. The third-order valence-electron chi connectivity index (χ3n) is 5.61. The van der Waals surface area contributed by atoms with Crippen LogP contribution in [0.1, 0.15) is 27.2 Å². The first-order valence-corrected chi connectivity index (χ1v) is 9.84. The molecule has 1 aromatic heterocycles. The first-order valence-electron chi connectivity index (χ1n) is 9.84. The summed E-state index contributed by atoms with van der Waals surface area (Å²) >= 11 is 0. The van der Waals surface area contributed by atoms with Gasteiger partial charge in [-0.3, -0.25) is 4.79 Å². The van der Waals surface area contributed by atoms with Gasteiger partial charge in [0.05, 0.1) is 0 Å². The standard InChI is InChI=1S/C25H22N2O/c28-25(18-5-2-1-3-6-18)19-11-9-17(10-12-19)20-7-4-8-23-24(20)21-13-15-26-16-14-22(21)27-23/h1-12,26-27H,13-16H2. The summed E-state index contributed by atoms with van der Waals surface area (Å²) < 4.78 is 0. The lowest BCUT2D eigenvalue weighted by Gasteiger charge is -2.08. The maximum absolute atomic E-state index is 12.7. The lowest BCUT2D eigenvalue weighted by Crippen LogP contribution is -2.16. The number of H-pyrrole nitrogens is 1. The Hall–Kier alpha value is -3.17. The number of hydrogen-bond donors (Lipinski definition) is 2. The normalized spacial score (nSPS) is 13.9. The Morgan fingerprint density at radius 1 is 0.750 bits per heavy atom. The van der Waals surface area contributed by atoms with Crippen LogP contribution in [0, 0.1) is 0 Å². The van der Waals surface area contributed by atoms with Gasteiger partial charge in [-0.15, -0.1) is 0 Å². The van der Waals surface area contributed by atoms with Gasteiger partial charge in [0.2, 0.25) is 0 Å². The molecule has 0 unspecified atom stereocenters. The Morgan fingerprint density at radius 2 is 1.50 bits per heavy atom. The zero-order valence-corrected chi connectivity index (χ0v) is 15.7. The van der Waals surface area contributed by atoms with Crippen LogP contribution in [-0.4, -0.2) is 23.9 Å². The molecule has 28 heavy (non-hydrogen) atoms. The third-order valence-corrected chi connectivity index (χ3v) is 5.61. The van der Waals surface area contributed by atoms with Crippen LogP contribution in [0.5, 0.6) is 0 Å². The van der Waals surface area contributed by atoms with Crippen molar-refractivity contribution in [2.75, 3.05) is 13.1 Å². The van der Waals surface area contributed by atoms with Crippen molar-refractivity contribution in [2.45, 2.75) is 12.8 Å². The van der Waals surface area contributed by atoms with Crippen LogP contribution in [0.2, 0.25) is 0 Å². The number of nitrogens with one attached hydrogen (secondary N) is 2. The molecule has 1 aliphatic rings. The number of carbonyl (C=O) groups excluding carboxylic acids is 1. The summed E-state index contributed by atoms with van der Waals surface area (Å²) in [5, 5.41) is 4.80. The predicted octanol–water partition coefficient (Wildman–Crippen LogP) is 4.75. The molecule has 138 valence electrons. The van der Waals surface area contributed by atoms with Crippen molar-refractivity contribution in [1.82, 2.24) is 10.3 Å². The average Bonchev–Trinajstić information content (AvgIpc) is 2.95. The summed E-state index contributed by atoms with van der Waals surface area (Å²) in [4.78, 5) is 16.3. The van der Waals surface area contributed by atoms with Gasteiger partial charge in [0.25, 0.3) is 0 Å². The van der Waals surface area contributed by atoms with Gasteiger partial charge in [-0.2, -0.15) is 0 Å². The highest BCUT2D eigenvalue weighted by molar-refractivity contribution is 6.09. The summed E-state index contributed by atoms with van der Waals surface area (Å²) in [6, 6.07) is 23.9. The zero-order valence-electron chi connectivity index (χ0n) is 15.7. The van der Waals surface area contributed by atoms with E-state index in [0.717, 1.165) is 42.6 Å². The predicted molar refractivity (Wildman–Crippen MR) is 114 cm³/mol. The second kappa shape index (κ2) is 7.10. The minimum atomic E-state index is 0.0620. The van der Waals surface area contributed by atoms with Gasteiger partial charge in [0.1, 0.15) is 0 Å². The summed E-state index contributed by atoms with van der Waals surface area (Å²) in [7, 11) is 0. The highest BCUT2D eigenvalue weighted by Gasteiger charge is 2.17. The molecule has 5 rings (SSSR count). The van der Waals surface area contributed by atoms with E-state index >= 15 is 0 Å². The van der Waals surface area contributed by atoms with Crippen molar-refractivity contribution < 1.29 is 4.79 Å². The summed E-state index contributed by atoms with van der Waals surface area (Å²) in [6.07, 6.45) is 2.07. The minimum Gasteiger partial charge on any atom is -0.358 e. The molecule has 0 saturated carbocycles. The van der Waals surface area contributed by atoms with Crippen LogP contribution in [0.3, 0.4) is 0 Å². The molecule has 2 heterocycles. The molecular formula is C25H22N2O. The Bertz CT molecular complexity index is 1140. The Morgan fingerprint density at radius 3 is 2.32 bits per heavy atom. The van der Waals surface area contributed by atoms with E-state index < -0.39 is 0 Å². The zero-order chi connectivity index (χ0) is 18.9. The number of carbonyl (C=O) groups is 1. The number of aromatic amines is 1. The van der Waals surface area contributed by atoms with Gasteiger partial charge in [-0.1, -0.05) is 66.7 Å². The fraction of sp³-hybridized carbons (Fsp3) is 0.160. The van der Waals surface area contributed by atoms with Crippen molar-refractivity contribution in [3.8, 4) is 11.1 Å². The van der Waals surface area contributed by atoms with Crippen LogP contribution in [0.25, 0.3) is 22.0 Å². The van der Waals surface area contributed by atoms with E-state index in [1.165, 1.54) is 27.7 Å². The Kier molecular flexibility index (Phi) is 4.30. The monoisotopic (exact) mass is 366 g/mol. The molecule has 4 aromatic rings. The molecule has 0 aliphatic carbocycles. The van der Waals surface area contributed by atoms with E-state index in [4.69, 9.17) is 0 Å². The molecule has 2 N–H and O–H groups in total. The number of rotatable bonds is 3. The first kappa shape index (κ1) is 17.0. The van der Waals surface area contributed by atoms with E-state index in [-0.39, 0.29) is 5.78 Å². The molecule has 0 fully saturated rings. The maximum atomic E-state index is 12.7. The Labute approximate surface area is 164 Å². The van der Waals surface area contributed by atoms with Gasteiger partial charge in [0.15, 0.2) is 5.78 Å². The van der Waals surface area contributed by atoms with E-state index in [2.05, 4.69) is 40.6 Å². The van der Waals surface area contributed by atoms with E-state index in [1.807, 2.05) is 42.5 Å². The van der Waals surface area contributed by atoms with Crippen molar-refractivity contribution in [1.29, 1.82) is 0 Å². The van der Waals surface area contributed by atoms with E-state index in [0.29, 0.717) is 0 Å². The van der Waals surface area contributed by atoms with Crippen LogP contribution in [-0.2, 0) is 12.8 Å². The second-order valence-corrected chi connectivity index (χ2v) is 7.33. The van der Waals surface area contributed by atoms with Crippen molar-refractivity contribution in [3.63, 3.8) is 0 Å². The molecule has 0 amide bonds. The number of hydrogen-bond acceptors (Lipinski definition) is 2. The molecule has 0 spiro atoms. The molecule has 0 saturated heterocycles. The molecule has 0 radical (unpaired) electrons. The molecule has 0 atom stereocenters. The Balaban J connectivity index is 1.56. The van der Waals surface area contributed by atoms with Gasteiger partial charge in [0, 0.05) is 40.7 Å². The number of benzene rings is 3. The summed E-state index contributed by atoms with van der Waals surface area (Å²) in [6.45, 7) is 2.03. The van der Waals surface area contributed by atoms with Crippen LogP contribution in [0.15, 0.2) is 72.8 Å². The van der Waals surface area contributed by atoms with Gasteiger partial charge in [-0.05, 0) is 35.7 Å². The average molecular weight is 366 g/mol. The minimum absolute atomic E-state index is 0.0620. The van der Waals surface area contributed by atoms with Gasteiger partial charge >= 0.3 is 0 Å². The molecular weight excluding hydrogens is 344 g/mol. The molecule has 0 bridgehead atoms. The van der Waals surface area contributed by atoms with Crippen LogP contribution in [0.4, 0.5) is 0 Å². The first-order chi connectivity index (χ1) is 13.8. The fourth-order valence-corrected chi connectivity index (χ4v) is 4.21. The van der Waals surface area contributed by atoms with Crippen molar-refractivity contribution in [3.05, 3.63) is 95.2 Å². The summed E-state index contributed by atoms with van der Waals surface area (Å²) in [5.41, 5.74) is 7.81. The third kappa shape index (κ3) is 2.94. The fourth-order valence-electron chi connectivity index (χ4n) is 4.21. The van der Waals surface area contributed by atoms with Crippen LogP contribution < -0.4 is 5.32 Å². The maximum Gasteiger partial charge on any atom is 0.193 e. The van der Waals surface area contributed by atoms with Crippen molar-refractivity contribution >= 4 is 16.7 Å². The molecule has 3 heteroatoms. The van der Waals surface area contributed by atoms with Crippen LogP contribution >= 0.6 is 0 Å². The molecule has 3 aromatic carbocycles. The number of aromatic nitrogens is 1. The topological polar surface area (TPSA) is 44.9 Å². The SMILES string of the molecule is O=C(c1ccccc1)c1ccc(-c2cccc3[nH]c4c(c23)CCNCC4)cc1. The lowest BCUT2D eigenvalue weighted by molar-refractivity contribution is 0.103. The van der Waals surface area contributed by atoms with Crippen molar-refractivity contribution in [2.24, 2.45) is 0 Å². The number of ketones is 1. The highest BCUT2D eigenvalue weighted by atomic mass is 16.1. The quantitative estimate of drug-likeness (QED) is 0.514. The van der Waals surface area contributed by atoms with E-state index in [9.17, 15) is 4.79 Å². The second-order valence-electron chi connectivity index (χ2n) is 7.33. The highest BCUT2D eigenvalue weighted by Crippen LogP contribution is 2.34. The summed E-state index contributed by atoms with van der Waals surface area (Å²) in [5.74, 6) is 0.0620. The van der Waals surface area contributed by atoms with Gasteiger partial charge in [-0.25, -0.2) is 0 Å². The number of fused-ring (bicyclic) bond motifs is 3. The smallest absolute Gasteiger partial charge is 0.193 e. The molecule has 1 aliphatic heterocycles. The van der Waals surface area contributed by atoms with E-state index in [1.54, 1.807) is 0 Å². The lowest BCUT2D eigenvalue weighted by atomic mass is 9.95. The largest absolute Gasteiger partial charge is 0.358 e.